The van der Waals surface area contributed by atoms with Gasteiger partial charge in [0.05, 0.1) is 0 Å². The molecule has 0 saturated heterocycles. The highest BCUT2D eigenvalue weighted by molar-refractivity contribution is 6.30. The van der Waals surface area contributed by atoms with E-state index in [1.165, 1.54) is 0 Å². The summed E-state index contributed by atoms with van der Waals surface area (Å²) in [5, 5.41) is 14.3. The molecule has 0 radical (unpaired) electrons. The van der Waals surface area contributed by atoms with Crippen molar-refractivity contribution in [2.24, 2.45) is 5.73 Å². The van der Waals surface area contributed by atoms with Crippen molar-refractivity contribution in [2.45, 2.75) is 25.4 Å². The molecule has 0 heterocycles. The third-order valence-electron chi connectivity index (χ3n) is 2.62. The molecule has 1 rings (SSSR count). The molecular weight excluding hydrogens is 298 g/mol. The van der Waals surface area contributed by atoms with Crippen LogP contribution in [0, 0.1) is 0 Å². The van der Waals surface area contributed by atoms with E-state index in [1.54, 1.807) is 24.3 Å². The van der Waals surface area contributed by atoms with Gasteiger partial charge in [-0.3, -0.25) is 4.79 Å². The lowest BCUT2D eigenvalue weighted by atomic mass is 10.1. The molecule has 0 aliphatic rings. The van der Waals surface area contributed by atoms with E-state index in [9.17, 15) is 14.4 Å². The molecule has 0 aliphatic heterocycles. The molecule has 7 nitrogen and oxygen atoms in total. The van der Waals surface area contributed by atoms with Gasteiger partial charge in [-0.05, 0) is 24.1 Å². The van der Waals surface area contributed by atoms with Gasteiger partial charge in [0.2, 0.25) is 5.91 Å². The summed E-state index contributed by atoms with van der Waals surface area (Å²) < 4.78 is 0. The average molecular weight is 314 g/mol. The third-order valence-corrected chi connectivity index (χ3v) is 2.86. The van der Waals surface area contributed by atoms with Gasteiger partial charge in [-0.15, -0.1) is 0 Å². The van der Waals surface area contributed by atoms with Crippen molar-refractivity contribution >= 4 is 29.5 Å². The van der Waals surface area contributed by atoms with E-state index in [-0.39, 0.29) is 19.4 Å². The summed E-state index contributed by atoms with van der Waals surface area (Å²) >= 11 is 5.81. The second-order valence-electron chi connectivity index (χ2n) is 4.35. The fourth-order valence-corrected chi connectivity index (χ4v) is 1.80. The van der Waals surface area contributed by atoms with Gasteiger partial charge in [-0.25, -0.2) is 9.59 Å². The van der Waals surface area contributed by atoms with Gasteiger partial charge < -0.3 is 21.5 Å². The summed E-state index contributed by atoms with van der Waals surface area (Å²) in [5.74, 6) is -1.85. The Hall–Kier alpha value is -2.28. The SMILES string of the molecule is NC(=O)CCC(NC(=O)NCc1cccc(Cl)c1)C(=O)O. The van der Waals surface area contributed by atoms with E-state index in [0.29, 0.717) is 5.02 Å². The van der Waals surface area contributed by atoms with Crippen LogP contribution in [0.15, 0.2) is 24.3 Å². The Bertz CT molecular complexity index is 536. The number of carboxylic acids is 1. The second-order valence-corrected chi connectivity index (χ2v) is 4.79. The fourth-order valence-electron chi connectivity index (χ4n) is 1.58. The summed E-state index contributed by atoms with van der Waals surface area (Å²) in [6, 6.07) is 5.08. The molecule has 0 bridgehead atoms. The Morgan fingerprint density at radius 2 is 2.05 bits per heavy atom. The molecule has 0 aromatic heterocycles. The number of amides is 3. The van der Waals surface area contributed by atoms with Crippen LogP contribution in [0.1, 0.15) is 18.4 Å². The molecule has 0 fully saturated rings. The molecule has 0 spiro atoms. The molecule has 0 aliphatic carbocycles. The van der Waals surface area contributed by atoms with Gasteiger partial charge in [0.1, 0.15) is 6.04 Å². The van der Waals surface area contributed by atoms with Crippen LogP contribution in [0.5, 0.6) is 0 Å². The quantitative estimate of drug-likeness (QED) is 0.596. The fraction of sp³-hybridized carbons (Fsp3) is 0.308. The first-order valence-corrected chi connectivity index (χ1v) is 6.56. The van der Waals surface area contributed by atoms with Crippen molar-refractivity contribution in [2.75, 3.05) is 0 Å². The maximum absolute atomic E-state index is 11.6. The maximum atomic E-state index is 11.6. The van der Waals surface area contributed by atoms with Gasteiger partial charge in [-0.1, -0.05) is 23.7 Å². The normalized spacial score (nSPS) is 11.5. The van der Waals surface area contributed by atoms with Crippen LogP contribution in [-0.4, -0.2) is 29.1 Å². The number of urea groups is 1. The number of hydrogen-bond donors (Lipinski definition) is 4. The van der Waals surface area contributed by atoms with E-state index >= 15 is 0 Å². The first-order valence-electron chi connectivity index (χ1n) is 6.18. The first kappa shape index (κ1) is 16.8. The smallest absolute Gasteiger partial charge is 0.326 e. The zero-order chi connectivity index (χ0) is 15.8. The Morgan fingerprint density at radius 3 is 2.62 bits per heavy atom. The van der Waals surface area contributed by atoms with Crippen molar-refractivity contribution < 1.29 is 19.5 Å². The molecule has 8 heteroatoms. The van der Waals surface area contributed by atoms with Gasteiger partial charge in [0.15, 0.2) is 0 Å². The van der Waals surface area contributed by atoms with Crippen molar-refractivity contribution in [1.29, 1.82) is 0 Å². The minimum Gasteiger partial charge on any atom is -0.480 e. The highest BCUT2D eigenvalue weighted by Gasteiger charge is 2.20. The lowest BCUT2D eigenvalue weighted by molar-refractivity contribution is -0.139. The number of carbonyl (C=O) groups excluding carboxylic acids is 2. The number of aliphatic carboxylic acids is 1. The lowest BCUT2D eigenvalue weighted by Gasteiger charge is -2.14. The van der Waals surface area contributed by atoms with Crippen LogP contribution in [0.4, 0.5) is 4.79 Å². The highest BCUT2D eigenvalue weighted by Crippen LogP contribution is 2.10. The zero-order valence-corrected chi connectivity index (χ0v) is 11.9. The van der Waals surface area contributed by atoms with E-state index in [1.807, 2.05) is 0 Å². The molecule has 3 amide bonds. The van der Waals surface area contributed by atoms with Crippen molar-refractivity contribution in [3.05, 3.63) is 34.9 Å². The van der Waals surface area contributed by atoms with Crippen LogP contribution < -0.4 is 16.4 Å². The van der Waals surface area contributed by atoms with Gasteiger partial charge >= 0.3 is 12.0 Å². The number of halogens is 1. The summed E-state index contributed by atoms with van der Waals surface area (Å²) in [4.78, 5) is 33.2. The summed E-state index contributed by atoms with van der Waals surface area (Å²) in [6.45, 7) is 0.203. The van der Waals surface area contributed by atoms with Crippen molar-refractivity contribution in [3.63, 3.8) is 0 Å². The molecule has 1 unspecified atom stereocenters. The molecule has 5 N–H and O–H groups in total. The molecule has 1 aromatic carbocycles. The number of hydrogen-bond acceptors (Lipinski definition) is 3. The lowest BCUT2D eigenvalue weighted by Crippen LogP contribution is -2.46. The number of carboxylic acid groups (broad SMARTS) is 1. The van der Waals surface area contributed by atoms with Crippen LogP contribution in [-0.2, 0) is 16.1 Å². The Morgan fingerprint density at radius 1 is 1.33 bits per heavy atom. The highest BCUT2D eigenvalue weighted by atomic mass is 35.5. The molecule has 114 valence electrons. The zero-order valence-electron chi connectivity index (χ0n) is 11.1. The average Bonchev–Trinajstić information content (AvgIpc) is 2.40. The topological polar surface area (TPSA) is 122 Å². The summed E-state index contributed by atoms with van der Waals surface area (Å²) in [6.07, 6.45) is -0.180. The predicted molar refractivity (Wildman–Crippen MR) is 76.7 cm³/mol. The monoisotopic (exact) mass is 313 g/mol. The minimum atomic E-state index is -1.23. The first-order chi connectivity index (χ1) is 9.88. The standard InChI is InChI=1S/C13H16ClN3O4/c14-9-3-1-2-8(6-9)7-16-13(21)17-10(12(19)20)4-5-11(15)18/h1-3,6,10H,4-5,7H2,(H2,15,18)(H,19,20)(H2,16,17,21). The molecule has 0 saturated carbocycles. The van der Waals surface area contributed by atoms with Gasteiger partial charge in [0, 0.05) is 18.0 Å². The summed E-state index contributed by atoms with van der Waals surface area (Å²) in [7, 11) is 0. The molecule has 1 atom stereocenters. The van der Waals surface area contributed by atoms with Crippen LogP contribution in [0.3, 0.4) is 0 Å². The predicted octanol–water partition coefficient (Wildman–Crippen LogP) is 0.858. The number of rotatable bonds is 7. The van der Waals surface area contributed by atoms with E-state index in [2.05, 4.69) is 10.6 Å². The van der Waals surface area contributed by atoms with Crippen molar-refractivity contribution in [1.82, 2.24) is 10.6 Å². The Labute approximate surface area is 126 Å². The van der Waals surface area contributed by atoms with Crippen molar-refractivity contribution in [3.8, 4) is 0 Å². The Kier molecular flexibility index (Phi) is 6.48. The van der Waals surface area contributed by atoms with E-state index in [4.69, 9.17) is 22.4 Å². The van der Waals surface area contributed by atoms with Gasteiger partial charge in [-0.2, -0.15) is 0 Å². The van der Waals surface area contributed by atoms with Crippen LogP contribution in [0.2, 0.25) is 5.02 Å². The van der Waals surface area contributed by atoms with Crippen LogP contribution >= 0.6 is 11.6 Å². The third kappa shape index (κ3) is 6.62. The number of benzene rings is 1. The van der Waals surface area contributed by atoms with E-state index in [0.717, 1.165) is 5.56 Å². The van der Waals surface area contributed by atoms with Gasteiger partial charge in [0.25, 0.3) is 0 Å². The Balaban J connectivity index is 2.46. The minimum absolute atomic E-state index is 0.0603. The number of carbonyl (C=O) groups is 3. The largest absolute Gasteiger partial charge is 0.480 e. The molecular formula is C13H16ClN3O4. The maximum Gasteiger partial charge on any atom is 0.326 e. The number of nitrogens with one attached hydrogen (secondary N) is 2. The van der Waals surface area contributed by atoms with E-state index < -0.39 is 23.9 Å². The second kappa shape index (κ2) is 8.11. The summed E-state index contributed by atoms with van der Waals surface area (Å²) in [5.41, 5.74) is 5.73. The number of primary amides is 1. The van der Waals surface area contributed by atoms with Crippen LogP contribution in [0.25, 0.3) is 0 Å². The molecule has 1 aromatic rings. The molecule has 21 heavy (non-hydrogen) atoms. The number of nitrogens with two attached hydrogens (primary N) is 1.